The molecule has 0 bridgehead atoms. The number of benzene rings is 2. The second-order valence-corrected chi connectivity index (χ2v) is 9.34. The van der Waals surface area contributed by atoms with Gasteiger partial charge in [0.25, 0.3) is 0 Å². The first-order chi connectivity index (χ1) is 19.3. The van der Waals surface area contributed by atoms with Gasteiger partial charge in [-0.25, -0.2) is 14.0 Å². The van der Waals surface area contributed by atoms with Crippen LogP contribution in [-0.4, -0.2) is 63.7 Å². The number of halogens is 1. The van der Waals surface area contributed by atoms with Crippen molar-refractivity contribution >= 4 is 11.9 Å². The molecule has 1 aliphatic heterocycles. The van der Waals surface area contributed by atoms with Crippen LogP contribution in [0, 0.1) is 5.82 Å². The third-order valence-corrected chi connectivity index (χ3v) is 6.42. The Hall–Kier alpha value is -3.89. The predicted molar refractivity (Wildman–Crippen MR) is 147 cm³/mol. The van der Waals surface area contributed by atoms with Crippen molar-refractivity contribution in [1.29, 1.82) is 0 Å². The first-order valence-corrected chi connectivity index (χ1v) is 13.1. The molecule has 0 radical (unpaired) electrons. The minimum absolute atomic E-state index is 0.169. The molecule has 2 aromatic rings. The third-order valence-electron chi connectivity index (χ3n) is 6.42. The van der Waals surface area contributed by atoms with Gasteiger partial charge >= 0.3 is 11.9 Å². The lowest BCUT2D eigenvalue weighted by atomic mass is 9.80. The highest BCUT2D eigenvalue weighted by Gasteiger charge is 2.39. The van der Waals surface area contributed by atoms with Crippen molar-refractivity contribution in [2.24, 2.45) is 0 Å². The van der Waals surface area contributed by atoms with Crippen molar-refractivity contribution < 1.29 is 38.0 Å². The van der Waals surface area contributed by atoms with Crippen LogP contribution >= 0.6 is 0 Å². The van der Waals surface area contributed by atoms with Crippen molar-refractivity contribution in [2.45, 2.75) is 38.7 Å². The lowest BCUT2D eigenvalue weighted by Crippen LogP contribution is -2.32. The zero-order chi connectivity index (χ0) is 29.1. The summed E-state index contributed by atoms with van der Waals surface area (Å²) in [5.41, 5.74) is 1.63. The van der Waals surface area contributed by atoms with E-state index in [2.05, 4.69) is 10.6 Å². The van der Waals surface area contributed by atoms with Crippen LogP contribution in [0.3, 0.4) is 0 Å². The van der Waals surface area contributed by atoms with Gasteiger partial charge in [-0.15, -0.1) is 0 Å². The van der Waals surface area contributed by atoms with E-state index in [-0.39, 0.29) is 17.8 Å². The second kappa shape index (κ2) is 15.0. The number of carbonyl (C=O) groups excluding carboxylic acids is 2. The monoisotopic (exact) mass is 556 g/mol. The fourth-order valence-corrected chi connectivity index (χ4v) is 4.51. The Morgan fingerprint density at radius 2 is 1.62 bits per heavy atom. The molecule has 9 nitrogen and oxygen atoms in total. The summed E-state index contributed by atoms with van der Waals surface area (Å²) in [6, 6.07) is 13.3. The number of methoxy groups -OCH3 is 2. The minimum Gasteiger partial charge on any atom is -0.493 e. The summed E-state index contributed by atoms with van der Waals surface area (Å²) >= 11 is 0. The van der Waals surface area contributed by atoms with E-state index in [0.717, 1.165) is 6.42 Å². The van der Waals surface area contributed by atoms with Crippen LogP contribution in [0.5, 0.6) is 11.5 Å². The van der Waals surface area contributed by atoms with Gasteiger partial charge in [0.05, 0.1) is 37.9 Å². The number of rotatable bonds is 14. The maximum atomic E-state index is 14.5. The van der Waals surface area contributed by atoms with Crippen LogP contribution in [0.15, 0.2) is 71.1 Å². The number of unbranched alkanes of at least 4 members (excludes halogenated alkanes) is 1. The van der Waals surface area contributed by atoms with Crippen LogP contribution in [-0.2, 0) is 19.1 Å². The quantitative estimate of drug-likeness (QED) is 0.237. The van der Waals surface area contributed by atoms with E-state index >= 15 is 0 Å². The summed E-state index contributed by atoms with van der Waals surface area (Å²) in [7, 11) is 2.49. The van der Waals surface area contributed by atoms with Crippen molar-refractivity contribution in [3.63, 3.8) is 0 Å². The number of nitrogens with one attached hydrogen (secondary N) is 2. The fourth-order valence-electron chi connectivity index (χ4n) is 4.51. The van der Waals surface area contributed by atoms with Crippen molar-refractivity contribution in [3.8, 4) is 11.5 Å². The minimum atomic E-state index is -0.951. The van der Waals surface area contributed by atoms with E-state index < -0.39 is 29.8 Å². The van der Waals surface area contributed by atoms with Crippen LogP contribution in [0.4, 0.5) is 4.39 Å². The number of hydrogen-bond acceptors (Lipinski definition) is 9. The van der Waals surface area contributed by atoms with E-state index in [0.29, 0.717) is 54.6 Å². The summed E-state index contributed by atoms with van der Waals surface area (Å²) < 4.78 is 36.0. The van der Waals surface area contributed by atoms with Crippen LogP contribution in [0.25, 0.3) is 0 Å². The molecule has 40 heavy (non-hydrogen) atoms. The molecular weight excluding hydrogens is 519 g/mol. The number of dihydropyridines is 1. The summed E-state index contributed by atoms with van der Waals surface area (Å²) in [5, 5.41) is 16.3. The van der Waals surface area contributed by atoms with Crippen molar-refractivity contribution in [1.82, 2.24) is 10.6 Å². The maximum absolute atomic E-state index is 14.5. The van der Waals surface area contributed by atoms with Gasteiger partial charge < -0.3 is 34.7 Å². The Bertz CT molecular complexity index is 1190. The van der Waals surface area contributed by atoms with E-state index in [9.17, 15) is 19.1 Å². The number of allylic oxidation sites excluding steroid dienone is 2. The molecule has 1 unspecified atom stereocenters. The first kappa shape index (κ1) is 30.6. The molecule has 1 aliphatic rings. The van der Waals surface area contributed by atoms with Gasteiger partial charge in [-0.05, 0) is 63.6 Å². The molecule has 3 rings (SSSR count). The lowest BCUT2D eigenvalue weighted by Gasteiger charge is -2.31. The van der Waals surface area contributed by atoms with Gasteiger partial charge in [-0.2, -0.15) is 0 Å². The Labute approximate surface area is 234 Å². The average Bonchev–Trinajstić information content (AvgIpc) is 2.95. The molecule has 2 aromatic carbocycles. The number of carbonyl (C=O) groups is 2. The van der Waals surface area contributed by atoms with E-state index in [1.807, 2.05) is 30.3 Å². The summed E-state index contributed by atoms with van der Waals surface area (Å²) in [6.45, 7) is 4.92. The van der Waals surface area contributed by atoms with Gasteiger partial charge in [-0.3, -0.25) is 0 Å². The predicted octanol–water partition coefficient (Wildman–Crippen LogP) is 3.60. The topological polar surface area (TPSA) is 115 Å². The van der Waals surface area contributed by atoms with Gasteiger partial charge in [-0.1, -0.05) is 18.2 Å². The molecule has 216 valence electrons. The molecule has 0 fully saturated rings. The zero-order valence-electron chi connectivity index (χ0n) is 23.3. The highest BCUT2D eigenvalue weighted by atomic mass is 19.1. The summed E-state index contributed by atoms with van der Waals surface area (Å²) in [4.78, 5) is 25.6. The normalized spacial score (nSPS) is 14.4. The molecule has 0 saturated carbocycles. The van der Waals surface area contributed by atoms with Crippen molar-refractivity contribution in [3.05, 3.63) is 82.5 Å². The standard InChI is InChI=1S/C30H37FN2O7/c1-19-26(29(35)37-3)28(27(20(2)33-19)30(36)38-4)24-16-21(31)12-13-25(24)39-15-9-8-14-32-17-22(34)18-40-23-10-6-5-7-11-23/h5-7,10-13,16,22,28,32-34H,8-9,14-15,17-18H2,1-4H3. The Morgan fingerprint density at radius 3 is 2.25 bits per heavy atom. The largest absolute Gasteiger partial charge is 0.493 e. The molecule has 0 spiro atoms. The van der Waals surface area contributed by atoms with Gasteiger partial charge in [0.15, 0.2) is 0 Å². The molecule has 3 N–H and O–H groups in total. The zero-order valence-corrected chi connectivity index (χ0v) is 23.3. The smallest absolute Gasteiger partial charge is 0.336 e. The average molecular weight is 557 g/mol. The fraction of sp³-hybridized carbons (Fsp3) is 0.400. The van der Waals surface area contributed by atoms with Gasteiger partial charge in [0, 0.05) is 23.5 Å². The molecule has 0 saturated heterocycles. The van der Waals surface area contributed by atoms with Crippen molar-refractivity contribution in [2.75, 3.05) is 40.5 Å². The van der Waals surface area contributed by atoms with Crippen LogP contribution < -0.4 is 20.1 Å². The molecule has 1 heterocycles. The lowest BCUT2D eigenvalue weighted by molar-refractivity contribution is -0.137. The van der Waals surface area contributed by atoms with Gasteiger partial charge in [0.1, 0.15) is 30.0 Å². The number of aliphatic hydroxyl groups excluding tert-OH is 1. The van der Waals surface area contributed by atoms with Crippen LogP contribution in [0.1, 0.15) is 38.2 Å². The van der Waals surface area contributed by atoms with E-state index in [1.54, 1.807) is 13.8 Å². The summed E-state index contributed by atoms with van der Waals surface area (Å²) in [5.74, 6) is -1.74. The first-order valence-electron chi connectivity index (χ1n) is 13.1. The number of ether oxygens (including phenoxy) is 4. The number of hydrogen-bond donors (Lipinski definition) is 3. The Morgan fingerprint density at radius 1 is 0.975 bits per heavy atom. The van der Waals surface area contributed by atoms with E-state index in [4.69, 9.17) is 18.9 Å². The van der Waals surface area contributed by atoms with Gasteiger partial charge in [0.2, 0.25) is 0 Å². The molecule has 1 atom stereocenters. The Balaban J connectivity index is 1.61. The highest BCUT2D eigenvalue weighted by molar-refractivity contribution is 6.00. The molecular formula is C30H37FN2O7. The molecule has 0 aliphatic carbocycles. The van der Waals surface area contributed by atoms with E-state index in [1.165, 1.54) is 32.4 Å². The maximum Gasteiger partial charge on any atom is 0.336 e. The number of para-hydroxylation sites is 1. The van der Waals surface area contributed by atoms with Crippen LogP contribution in [0.2, 0.25) is 0 Å². The highest BCUT2D eigenvalue weighted by Crippen LogP contribution is 2.43. The number of esters is 2. The number of aliphatic hydroxyl groups is 1. The molecule has 0 aromatic heterocycles. The Kier molecular flexibility index (Phi) is 11.5. The second-order valence-electron chi connectivity index (χ2n) is 9.34. The third kappa shape index (κ3) is 8.06. The SMILES string of the molecule is COC(=O)C1=C(C)NC(C)=C(C(=O)OC)C1c1cc(F)ccc1OCCCCNCC(O)COc1ccccc1. The summed E-state index contributed by atoms with van der Waals surface area (Å²) in [6.07, 6.45) is 0.781. The molecule has 10 heteroatoms. The molecule has 0 amide bonds.